The van der Waals surface area contributed by atoms with E-state index >= 15 is 0 Å². The second kappa shape index (κ2) is 35.1. The van der Waals surface area contributed by atoms with E-state index in [1.165, 1.54) is 259 Å². The zero-order chi connectivity index (χ0) is 59.0. The van der Waals surface area contributed by atoms with Crippen molar-refractivity contribution < 1.29 is 0 Å². The molecule has 0 amide bonds. The fraction of sp³-hybridized carbons (Fsp3) is 0.624. The van der Waals surface area contributed by atoms with Crippen LogP contribution in [-0.4, -0.2) is 0 Å². The van der Waals surface area contributed by atoms with Crippen LogP contribution in [0, 0.1) is 48.3 Å². The largest absolute Gasteiger partial charge is 0.103 e. The maximum Gasteiger partial charge on any atom is -0.0162 e. The van der Waals surface area contributed by atoms with E-state index in [2.05, 4.69) is 169 Å². The molecular weight excluding hydrogens is 1020 g/mol. The fourth-order valence-electron chi connectivity index (χ4n) is 17.9. The summed E-state index contributed by atoms with van der Waals surface area (Å²) in [6.07, 6.45) is 53.1. The molecule has 0 nitrogen and oxygen atoms in total. The van der Waals surface area contributed by atoms with E-state index in [-0.39, 0.29) is 0 Å². The summed E-state index contributed by atoms with van der Waals surface area (Å²) in [5.41, 5.74) is 14.7. The second-order valence-corrected chi connectivity index (χ2v) is 29.4. The van der Waals surface area contributed by atoms with E-state index in [4.69, 9.17) is 0 Å². The molecule has 0 saturated heterocycles. The normalized spacial score (nSPS) is 28.0. The molecule has 6 aliphatic rings. The van der Waals surface area contributed by atoms with Crippen LogP contribution in [0.5, 0.6) is 0 Å². The van der Waals surface area contributed by atoms with E-state index in [9.17, 15) is 0 Å². The number of aryl methyl sites for hydroxylation is 1. The molecule has 6 saturated carbocycles. The smallest absolute Gasteiger partial charge is 0.0162 e. The minimum absolute atomic E-state index is 0.789. The Morgan fingerprint density at radius 2 is 0.529 bits per heavy atom. The summed E-state index contributed by atoms with van der Waals surface area (Å²) in [5, 5.41) is 0. The average Bonchev–Trinajstić information content (AvgIpc) is 3.76. The predicted molar refractivity (Wildman–Crippen MR) is 372 cm³/mol. The van der Waals surface area contributed by atoms with Crippen molar-refractivity contribution >= 4 is 0 Å². The van der Waals surface area contributed by atoms with Gasteiger partial charge in [-0.2, -0.15) is 0 Å². The van der Waals surface area contributed by atoms with Crippen LogP contribution in [0.4, 0.5) is 0 Å². The van der Waals surface area contributed by atoms with Gasteiger partial charge < -0.3 is 0 Å². The van der Waals surface area contributed by atoms with Gasteiger partial charge in [0.15, 0.2) is 0 Å². The molecule has 0 atom stereocenters. The number of hydrogen-bond donors (Lipinski definition) is 0. The standard InChI is InChI=1S/C32H46.C30H42.C23H34/c1-3-5-6-8-26-11-15-28(16-12-26)30-19-23-32(24-20-30)31-21-17-29(18-22-31)27-13-9-25(7-4-2)10-14-27;1-3-5-23-7-11-25(12-8-23)27-15-19-29(20-16-27)30-21-17-28(18-22-30)26-13-9-24(6-4-2)10-14-26;1-3-4-5-19-8-12-21(13-9-19)23-16-14-22(15-17-23)20-10-6-18(2)7-11-20/h17-28H,3-16H2,1-2H3;15-26H,3-14H2,1-2H3;3,6-7,10-11,19,21-23H,1,4-5,8-9,12-17H2,2H3. The van der Waals surface area contributed by atoms with Crippen LogP contribution < -0.4 is 0 Å². The van der Waals surface area contributed by atoms with Crippen molar-refractivity contribution in [2.45, 2.75) is 295 Å². The van der Waals surface area contributed by atoms with Crippen molar-refractivity contribution in [3.63, 3.8) is 0 Å². The Labute approximate surface area is 523 Å². The topological polar surface area (TPSA) is 0 Å². The van der Waals surface area contributed by atoms with Crippen LogP contribution in [0.15, 0.2) is 134 Å². The van der Waals surface area contributed by atoms with Crippen molar-refractivity contribution in [2.75, 3.05) is 0 Å². The van der Waals surface area contributed by atoms with Crippen LogP contribution >= 0.6 is 0 Å². The van der Waals surface area contributed by atoms with Gasteiger partial charge in [-0.1, -0.05) is 238 Å². The van der Waals surface area contributed by atoms with Gasteiger partial charge >= 0.3 is 0 Å². The minimum Gasteiger partial charge on any atom is -0.103 e. The third kappa shape index (κ3) is 19.9. The molecule has 0 aromatic heterocycles. The van der Waals surface area contributed by atoms with Crippen molar-refractivity contribution in [1.29, 1.82) is 0 Å². The molecule has 6 fully saturated rings. The molecule has 0 radical (unpaired) electrons. The maximum atomic E-state index is 3.87. The third-order valence-corrected chi connectivity index (χ3v) is 23.5. The third-order valence-electron chi connectivity index (χ3n) is 23.5. The Morgan fingerprint density at radius 1 is 0.282 bits per heavy atom. The summed E-state index contributed by atoms with van der Waals surface area (Å²) in [6.45, 7) is 15.4. The first-order valence-electron chi connectivity index (χ1n) is 36.9. The molecule has 11 rings (SSSR count). The number of rotatable bonds is 21. The zero-order valence-corrected chi connectivity index (χ0v) is 55.2. The van der Waals surface area contributed by atoms with Gasteiger partial charge in [-0.05, 0) is 282 Å². The Hall–Kier alpha value is -4.16. The molecule has 0 N–H and O–H groups in total. The molecule has 0 spiro atoms. The lowest BCUT2D eigenvalue weighted by atomic mass is 9.68. The van der Waals surface area contributed by atoms with Crippen LogP contribution in [0.3, 0.4) is 0 Å². The Bertz CT molecular complexity index is 2480. The summed E-state index contributed by atoms with van der Waals surface area (Å²) < 4.78 is 0. The van der Waals surface area contributed by atoms with Crippen molar-refractivity contribution in [3.05, 3.63) is 167 Å². The molecule has 0 bridgehead atoms. The zero-order valence-electron chi connectivity index (χ0n) is 55.2. The lowest BCUT2D eigenvalue weighted by Gasteiger charge is -2.38. The number of hydrogen-bond acceptors (Lipinski definition) is 0. The molecule has 5 aromatic carbocycles. The molecule has 462 valence electrons. The summed E-state index contributed by atoms with van der Waals surface area (Å²) in [5.74, 6) is 11.0. The molecule has 0 aliphatic heterocycles. The summed E-state index contributed by atoms with van der Waals surface area (Å²) in [4.78, 5) is 0. The van der Waals surface area contributed by atoms with Gasteiger partial charge in [0.1, 0.15) is 0 Å². The highest BCUT2D eigenvalue weighted by molar-refractivity contribution is 5.65. The molecule has 85 heavy (non-hydrogen) atoms. The van der Waals surface area contributed by atoms with E-state index in [0.29, 0.717) is 0 Å². The molecule has 0 unspecified atom stereocenters. The quantitative estimate of drug-likeness (QED) is 0.0507. The lowest BCUT2D eigenvalue weighted by Crippen LogP contribution is -2.25. The van der Waals surface area contributed by atoms with Crippen LogP contribution in [0.1, 0.15) is 322 Å². The molecule has 0 heterocycles. The van der Waals surface area contributed by atoms with Gasteiger partial charge in [0.25, 0.3) is 0 Å². The minimum atomic E-state index is 0.789. The first-order chi connectivity index (χ1) is 41.8. The highest BCUT2D eigenvalue weighted by atomic mass is 14.4. The SMILES string of the molecule is C=CCCC1CCC(C2CCC(c3ccc(C)cc3)CC2)CC1.CCCC1CCC(c2ccc(-c3ccc(C4CCC(CCC)CC4)cc3)cc2)CC1.CCCCCC1CCC(c2ccc(-c3ccc(C4CCC(CCC)CC4)cc3)cc2)CC1. The van der Waals surface area contributed by atoms with Gasteiger partial charge in [0, 0.05) is 0 Å². The monoisotopic (exact) mass is 1140 g/mol. The van der Waals surface area contributed by atoms with Gasteiger partial charge in [-0.15, -0.1) is 6.58 Å². The molecular formula is C85H122. The van der Waals surface area contributed by atoms with Crippen molar-refractivity contribution in [3.8, 4) is 22.3 Å². The lowest BCUT2D eigenvalue weighted by molar-refractivity contribution is 0.157. The highest BCUT2D eigenvalue weighted by Gasteiger charge is 2.32. The van der Waals surface area contributed by atoms with Crippen LogP contribution in [0.25, 0.3) is 22.3 Å². The van der Waals surface area contributed by atoms with Gasteiger partial charge in [-0.3, -0.25) is 0 Å². The van der Waals surface area contributed by atoms with Gasteiger partial charge in [-0.25, -0.2) is 0 Å². The van der Waals surface area contributed by atoms with Crippen molar-refractivity contribution in [2.24, 2.45) is 41.4 Å². The molecule has 6 aliphatic carbocycles. The summed E-state index contributed by atoms with van der Waals surface area (Å²) in [7, 11) is 0. The molecule has 0 heteroatoms. The Balaban J connectivity index is 0.000000155. The Morgan fingerprint density at radius 3 is 0.812 bits per heavy atom. The van der Waals surface area contributed by atoms with Crippen molar-refractivity contribution in [1.82, 2.24) is 0 Å². The average molecular weight is 1140 g/mol. The van der Waals surface area contributed by atoms with Gasteiger partial charge in [0.05, 0.1) is 0 Å². The van der Waals surface area contributed by atoms with E-state index in [0.717, 1.165) is 71.0 Å². The number of unbranched alkanes of at least 4 members (excludes halogenated alkanes) is 2. The fourth-order valence-corrected chi connectivity index (χ4v) is 17.9. The summed E-state index contributed by atoms with van der Waals surface area (Å²) >= 11 is 0. The van der Waals surface area contributed by atoms with Gasteiger partial charge in [0.2, 0.25) is 0 Å². The van der Waals surface area contributed by atoms with Crippen LogP contribution in [0.2, 0.25) is 0 Å². The summed E-state index contributed by atoms with van der Waals surface area (Å²) in [6, 6.07) is 47.5. The predicted octanol–water partition coefficient (Wildman–Crippen LogP) is 26.8. The van der Waals surface area contributed by atoms with E-state index in [1.807, 2.05) is 0 Å². The van der Waals surface area contributed by atoms with E-state index < -0.39 is 0 Å². The number of allylic oxidation sites excluding steroid dienone is 1. The molecule has 5 aromatic rings. The highest BCUT2D eigenvalue weighted by Crippen LogP contribution is 2.46. The Kier molecular flexibility index (Phi) is 27.0. The maximum absolute atomic E-state index is 3.87. The number of benzene rings is 5. The second-order valence-electron chi connectivity index (χ2n) is 29.4. The van der Waals surface area contributed by atoms with E-state index in [1.54, 1.807) is 27.8 Å². The first-order valence-corrected chi connectivity index (χ1v) is 36.9. The first kappa shape index (κ1) is 65.3. The van der Waals surface area contributed by atoms with Crippen LogP contribution in [-0.2, 0) is 0 Å².